The molecule has 3 rings (SSSR count). The highest BCUT2D eigenvalue weighted by Gasteiger charge is 2.32. The van der Waals surface area contributed by atoms with Crippen molar-refractivity contribution in [2.75, 3.05) is 11.4 Å². The summed E-state index contributed by atoms with van der Waals surface area (Å²) >= 11 is 0. The number of benzene rings is 1. The van der Waals surface area contributed by atoms with Crippen LogP contribution in [0.25, 0.3) is 0 Å². The summed E-state index contributed by atoms with van der Waals surface area (Å²) in [6.07, 6.45) is 5.88. The SMILES string of the molecule is CC(C)CC(=O)NCc1ccc2c(c1)CCCN2C(=O)C1CCC1. The van der Waals surface area contributed by atoms with E-state index < -0.39 is 0 Å². The highest BCUT2D eigenvalue weighted by molar-refractivity contribution is 5.96. The molecule has 0 bridgehead atoms. The molecule has 1 aromatic carbocycles. The van der Waals surface area contributed by atoms with Gasteiger partial charge in [0, 0.05) is 31.1 Å². The monoisotopic (exact) mass is 328 g/mol. The summed E-state index contributed by atoms with van der Waals surface area (Å²) in [6.45, 7) is 5.50. The van der Waals surface area contributed by atoms with Gasteiger partial charge >= 0.3 is 0 Å². The lowest BCUT2D eigenvalue weighted by atomic mass is 9.83. The maximum absolute atomic E-state index is 12.6. The van der Waals surface area contributed by atoms with Crippen molar-refractivity contribution in [1.82, 2.24) is 5.32 Å². The molecule has 0 spiro atoms. The largest absolute Gasteiger partial charge is 0.352 e. The molecular weight excluding hydrogens is 300 g/mol. The summed E-state index contributed by atoms with van der Waals surface area (Å²) in [5.74, 6) is 1.02. The molecule has 2 amide bonds. The van der Waals surface area contributed by atoms with Crippen LogP contribution in [-0.4, -0.2) is 18.4 Å². The predicted octanol–water partition coefficient (Wildman–Crippen LogP) is 3.43. The molecule has 2 aliphatic rings. The summed E-state index contributed by atoms with van der Waals surface area (Å²) in [7, 11) is 0. The number of amides is 2. The number of hydrogen-bond acceptors (Lipinski definition) is 2. The molecule has 1 aliphatic heterocycles. The topological polar surface area (TPSA) is 49.4 Å². The molecule has 0 aromatic heterocycles. The van der Waals surface area contributed by atoms with Crippen LogP contribution in [-0.2, 0) is 22.6 Å². The molecule has 1 heterocycles. The van der Waals surface area contributed by atoms with Crippen LogP contribution < -0.4 is 10.2 Å². The van der Waals surface area contributed by atoms with Crippen LogP contribution in [0.4, 0.5) is 5.69 Å². The van der Waals surface area contributed by atoms with E-state index in [1.165, 1.54) is 12.0 Å². The molecule has 24 heavy (non-hydrogen) atoms. The number of fused-ring (bicyclic) bond motifs is 1. The van der Waals surface area contributed by atoms with Gasteiger partial charge in [0.2, 0.25) is 11.8 Å². The van der Waals surface area contributed by atoms with Gasteiger partial charge in [0.25, 0.3) is 0 Å². The first kappa shape index (κ1) is 17.0. The molecule has 1 N–H and O–H groups in total. The first-order chi connectivity index (χ1) is 11.5. The molecule has 1 aromatic rings. The lowest BCUT2D eigenvalue weighted by Gasteiger charge is -2.35. The number of anilines is 1. The van der Waals surface area contributed by atoms with E-state index in [0.29, 0.717) is 24.8 Å². The standard InChI is InChI=1S/C20H28N2O2/c1-14(2)11-19(23)21-13-15-8-9-18-17(12-15)7-4-10-22(18)20(24)16-5-3-6-16/h8-9,12,14,16H,3-7,10-11,13H2,1-2H3,(H,21,23). The fourth-order valence-corrected chi connectivity index (χ4v) is 3.51. The fourth-order valence-electron chi connectivity index (χ4n) is 3.51. The molecule has 130 valence electrons. The number of nitrogens with one attached hydrogen (secondary N) is 1. The minimum absolute atomic E-state index is 0.101. The van der Waals surface area contributed by atoms with E-state index in [2.05, 4.69) is 17.4 Å². The Kier molecular flexibility index (Phi) is 5.22. The molecule has 0 atom stereocenters. The normalized spacial score (nSPS) is 17.4. The van der Waals surface area contributed by atoms with Crippen molar-refractivity contribution >= 4 is 17.5 Å². The number of carbonyl (C=O) groups is 2. The average molecular weight is 328 g/mol. The van der Waals surface area contributed by atoms with Crippen LogP contribution >= 0.6 is 0 Å². The average Bonchev–Trinajstić information content (AvgIpc) is 2.49. The van der Waals surface area contributed by atoms with Crippen molar-refractivity contribution in [3.8, 4) is 0 Å². The second-order valence-corrected chi connectivity index (χ2v) is 7.56. The Labute approximate surface area is 144 Å². The Morgan fingerprint density at radius 2 is 2.04 bits per heavy atom. The molecule has 0 saturated heterocycles. The van der Waals surface area contributed by atoms with E-state index in [1.54, 1.807) is 0 Å². The van der Waals surface area contributed by atoms with Crippen molar-refractivity contribution in [2.24, 2.45) is 11.8 Å². The van der Waals surface area contributed by atoms with Crippen molar-refractivity contribution in [3.05, 3.63) is 29.3 Å². The molecule has 0 radical (unpaired) electrons. The van der Waals surface area contributed by atoms with E-state index in [0.717, 1.165) is 43.5 Å². The third-order valence-corrected chi connectivity index (χ3v) is 5.07. The molecule has 1 aliphatic carbocycles. The van der Waals surface area contributed by atoms with E-state index in [4.69, 9.17) is 0 Å². The third kappa shape index (κ3) is 3.80. The van der Waals surface area contributed by atoms with Gasteiger partial charge in [-0.2, -0.15) is 0 Å². The Bertz CT molecular complexity index is 620. The number of aryl methyl sites for hydroxylation is 1. The van der Waals surface area contributed by atoms with Crippen molar-refractivity contribution < 1.29 is 9.59 Å². The van der Waals surface area contributed by atoms with Crippen molar-refractivity contribution in [2.45, 2.75) is 58.9 Å². The predicted molar refractivity (Wildman–Crippen MR) is 95.8 cm³/mol. The van der Waals surface area contributed by atoms with Gasteiger partial charge < -0.3 is 10.2 Å². The Morgan fingerprint density at radius 3 is 2.71 bits per heavy atom. The highest BCUT2D eigenvalue weighted by atomic mass is 16.2. The zero-order valence-electron chi connectivity index (χ0n) is 14.8. The first-order valence-corrected chi connectivity index (χ1v) is 9.24. The summed E-state index contributed by atoms with van der Waals surface area (Å²) in [5, 5.41) is 2.99. The van der Waals surface area contributed by atoms with E-state index in [1.807, 2.05) is 24.8 Å². The smallest absolute Gasteiger partial charge is 0.230 e. The molecule has 4 nitrogen and oxygen atoms in total. The van der Waals surface area contributed by atoms with E-state index >= 15 is 0 Å². The minimum Gasteiger partial charge on any atom is -0.352 e. The number of rotatable bonds is 5. The van der Waals surface area contributed by atoms with Crippen molar-refractivity contribution in [1.29, 1.82) is 0 Å². The summed E-state index contributed by atoms with van der Waals surface area (Å²) in [5.41, 5.74) is 3.43. The summed E-state index contributed by atoms with van der Waals surface area (Å²) in [4.78, 5) is 26.4. The number of hydrogen-bond donors (Lipinski definition) is 1. The van der Waals surface area contributed by atoms with E-state index in [-0.39, 0.29) is 11.8 Å². The van der Waals surface area contributed by atoms with Gasteiger partial charge in [0.05, 0.1) is 0 Å². The van der Waals surface area contributed by atoms with Gasteiger partial charge in [-0.3, -0.25) is 9.59 Å². The fraction of sp³-hybridized carbons (Fsp3) is 0.600. The van der Waals surface area contributed by atoms with Gasteiger partial charge in [0.1, 0.15) is 0 Å². The van der Waals surface area contributed by atoms with Gasteiger partial charge in [0.15, 0.2) is 0 Å². The van der Waals surface area contributed by atoms with Crippen LogP contribution in [0.5, 0.6) is 0 Å². The zero-order valence-corrected chi connectivity index (χ0v) is 14.8. The van der Waals surface area contributed by atoms with Crippen LogP contribution in [0.15, 0.2) is 18.2 Å². The zero-order chi connectivity index (χ0) is 17.1. The number of nitrogens with zero attached hydrogens (tertiary/aromatic N) is 1. The Hall–Kier alpha value is -1.84. The van der Waals surface area contributed by atoms with Crippen LogP contribution in [0.1, 0.15) is 57.1 Å². The van der Waals surface area contributed by atoms with Crippen LogP contribution in [0.2, 0.25) is 0 Å². The van der Waals surface area contributed by atoms with Gasteiger partial charge in [-0.1, -0.05) is 32.4 Å². The van der Waals surface area contributed by atoms with E-state index in [9.17, 15) is 9.59 Å². The minimum atomic E-state index is 0.101. The lowest BCUT2D eigenvalue weighted by molar-refractivity contribution is -0.125. The second kappa shape index (κ2) is 7.37. The summed E-state index contributed by atoms with van der Waals surface area (Å²) in [6, 6.07) is 6.26. The molecule has 1 fully saturated rings. The van der Waals surface area contributed by atoms with Crippen LogP contribution in [0, 0.1) is 11.8 Å². The number of carbonyl (C=O) groups excluding carboxylic acids is 2. The van der Waals surface area contributed by atoms with Crippen LogP contribution in [0.3, 0.4) is 0 Å². The maximum Gasteiger partial charge on any atom is 0.230 e. The highest BCUT2D eigenvalue weighted by Crippen LogP contribution is 2.34. The van der Waals surface area contributed by atoms with Gasteiger partial charge in [-0.15, -0.1) is 0 Å². The molecule has 4 heteroatoms. The first-order valence-electron chi connectivity index (χ1n) is 9.24. The second-order valence-electron chi connectivity index (χ2n) is 7.56. The van der Waals surface area contributed by atoms with Crippen molar-refractivity contribution in [3.63, 3.8) is 0 Å². The molecular formula is C20H28N2O2. The van der Waals surface area contributed by atoms with Gasteiger partial charge in [-0.25, -0.2) is 0 Å². The molecule has 1 saturated carbocycles. The Balaban J connectivity index is 1.66. The molecule has 0 unspecified atom stereocenters. The lowest BCUT2D eigenvalue weighted by Crippen LogP contribution is -2.41. The maximum atomic E-state index is 12.6. The quantitative estimate of drug-likeness (QED) is 0.900. The third-order valence-electron chi connectivity index (χ3n) is 5.07. The Morgan fingerprint density at radius 1 is 1.25 bits per heavy atom. The summed E-state index contributed by atoms with van der Waals surface area (Å²) < 4.78 is 0. The van der Waals surface area contributed by atoms with Gasteiger partial charge in [-0.05, 0) is 48.8 Å².